The molecule has 0 heterocycles. The number of phenols is 1. The first-order valence-corrected chi connectivity index (χ1v) is 6.21. The number of likely N-dealkylation sites (N-methyl/N-ethyl adjacent to an activating group) is 1. The molecule has 1 aromatic carbocycles. The van der Waals surface area contributed by atoms with Gasteiger partial charge < -0.3 is 14.7 Å². The van der Waals surface area contributed by atoms with Crippen LogP contribution in [-0.2, 0) is 16.0 Å². The van der Waals surface area contributed by atoms with Gasteiger partial charge in [-0.25, -0.2) is 0 Å². The molecular formula is C14H19NO4. The Kier molecular flexibility index (Phi) is 5.36. The highest BCUT2D eigenvalue weighted by Crippen LogP contribution is 2.23. The number of aromatic hydroxyl groups is 1. The SMILES string of the molecule is CCN(CC)C(=O)C(=O)Cc1cc(OC)ccc1O. The summed E-state index contributed by atoms with van der Waals surface area (Å²) >= 11 is 0. The molecular weight excluding hydrogens is 246 g/mol. The van der Waals surface area contributed by atoms with Crippen molar-refractivity contribution >= 4 is 11.7 Å². The lowest BCUT2D eigenvalue weighted by molar-refractivity contribution is -0.144. The Morgan fingerprint density at radius 3 is 2.42 bits per heavy atom. The Labute approximate surface area is 112 Å². The Hall–Kier alpha value is -2.04. The fraction of sp³-hybridized carbons (Fsp3) is 0.429. The van der Waals surface area contributed by atoms with E-state index in [2.05, 4.69) is 0 Å². The molecule has 0 fully saturated rings. The van der Waals surface area contributed by atoms with Gasteiger partial charge in [0.15, 0.2) is 0 Å². The Morgan fingerprint density at radius 2 is 1.89 bits per heavy atom. The van der Waals surface area contributed by atoms with Gasteiger partial charge in [-0.05, 0) is 32.0 Å². The van der Waals surface area contributed by atoms with E-state index in [9.17, 15) is 14.7 Å². The van der Waals surface area contributed by atoms with Gasteiger partial charge >= 0.3 is 0 Å². The number of methoxy groups -OCH3 is 1. The summed E-state index contributed by atoms with van der Waals surface area (Å²) < 4.78 is 5.02. The number of hydrogen-bond donors (Lipinski definition) is 1. The van der Waals surface area contributed by atoms with E-state index in [4.69, 9.17) is 4.74 Å². The van der Waals surface area contributed by atoms with Crippen LogP contribution in [0.3, 0.4) is 0 Å². The van der Waals surface area contributed by atoms with Gasteiger partial charge in [-0.3, -0.25) is 9.59 Å². The van der Waals surface area contributed by atoms with Crippen LogP contribution in [0.2, 0.25) is 0 Å². The first kappa shape index (κ1) is 15.0. The number of ether oxygens (including phenoxy) is 1. The van der Waals surface area contributed by atoms with Crippen LogP contribution < -0.4 is 4.74 Å². The van der Waals surface area contributed by atoms with Gasteiger partial charge in [-0.2, -0.15) is 0 Å². The summed E-state index contributed by atoms with van der Waals surface area (Å²) in [6, 6.07) is 4.60. The molecule has 0 aliphatic rings. The number of hydrogen-bond acceptors (Lipinski definition) is 4. The monoisotopic (exact) mass is 265 g/mol. The third kappa shape index (κ3) is 3.71. The van der Waals surface area contributed by atoms with E-state index in [1.807, 2.05) is 13.8 Å². The maximum Gasteiger partial charge on any atom is 0.290 e. The van der Waals surface area contributed by atoms with Gasteiger partial charge in [-0.15, -0.1) is 0 Å². The number of carbonyl (C=O) groups excluding carboxylic acids is 2. The van der Waals surface area contributed by atoms with Crippen LogP contribution in [0.5, 0.6) is 11.5 Å². The number of nitrogens with zero attached hydrogens (tertiary/aromatic N) is 1. The van der Waals surface area contributed by atoms with Crippen LogP contribution in [0.25, 0.3) is 0 Å². The molecule has 1 amide bonds. The van der Waals surface area contributed by atoms with E-state index < -0.39 is 11.7 Å². The third-order valence-electron chi connectivity index (χ3n) is 2.93. The second kappa shape index (κ2) is 6.78. The number of phenolic OH excluding ortho intramolecular Hbond substituents is 1. The quantitative estimate of drug-likeness (QED) is 0.789. The van der Waals surface area contributed by atoms with E-state index in [0.717, 1.165) is 0 Å². The molecule has 1 rings (SSSR count). The van der Waals surface area contributed by atoms with E-state index in [1.54, 1.807) is 12.1 Å². The van der Waals surface area contributed by atoms with Crippen LogP contribution >= 0.6 is 0 Å². The predicted molar refractivity (Wildman–Crippen MR) is 71.3 cm³/mol. The maximum absolute atomic E-state index is 11.9. The smallest absolute Gasteiger partial charge is 0.290 e. The summed E-state index contributed by atoms with van der Waals surface area (Å²) in [4.78, 5) is 25.2. The fourth-order valence-electron chi connectivity index (χ4n) is 1.77. The minimum atomic E-state index is -0.535. The zero-order valence-electron chi connectivity index (χ0n) is 11.5. The van der Waals surface area contributed by atoms with E-state index in [1.165, 1.54) is 18.1 Å². The van der Waals surface area contributed by atoms with Crippen LogP contribution in [0.1, 0.15) is 19.4 Å². The Bertz CT molecular complexity index is 467. The van der Waals surface area contributed by atoms with Crippen molar-refractivity contribution in [1.82, 2.24) is 4.90 Å². The molecule has 0 bridgehead atoms. The van der Waals surface area contributed by atoms with Gasteiger partial charge in [0, 0.05) is 25.1 Å². The van der Waals surface area contributed by atoms with Crippen molar-refractivity contribution in [3.8, 4) is 11.5 Å². The fourth-order valence-corrected chi connectivity index (χ4v) is 1.77. The lowest BCUT2D eigenvalue weighted by Crippen LogP contribution is -2.37. The first-order chi connectivity index (χ1) is 9.03. The minimum Gasteiger partial charge on any atom is -0.508 e. The molecule has 5 heteroatoms. The summed E-state index contributed by atoms with van der Waals surface area (Å²) in [6.07, 6.45) is -0.127. The highest BCUT2D eigenvalue weighted by atomic mass is 16.5. The average molecular weight is 265 g/mol. The molecule has 1 aromatic rings. The summed E-state index contributed by atoms with van der Waals surface area (Å²) in [6.45, 7) is 4.62. The van der Waals surface area contributed by atoms with Gasteiger partial charge in [0.25, 0.3) is 5.91 Å². The minimum absolute atomic E-state index is 0.0125. The molecule has 0 saturated heterocycles. The van der Waals surface area contributed by atoms with Gasteiger partial charge in [0.1, 0.15) is 11.5 Å². The zero-order chi connectivity index (χ0) is 14.4. The standard InChI is InChI=1S/C14H19NO4/c1-4-15(5-2)14(18)13(17)9-10-8-11(19-3)6-7-12(10)16/h6-8,16H,4-5,9H2,1-3H3. The van der Waals surface area contributed by atoms with Crippen molar-refractivity contribution in [2.45, 2.75) is 20.3 Å². The lowest BCUT2D eigenvalue weighted by Gasteiger charge is -2.17. The summed E-state index contributed by atoms with van der Waals surface area (Å²) in [5.41, 5.74) is 0.393. The molecule has 1 N–H and O–H groups in total. The third-order valence-corrected chi connectivity index (χ3v) is 2.93. The number of Topliss-reactive ketones (excluding diaryl/α,β-unsaturated/α-hetero) is 1. The molecule has 104 valence electrons. The van der Waals surface area contributed by atoms with Crippen LogP contribution in [0, 0.1) is 0 Å². The summed E-state index contributed by atoms with van der Waals surface area (Å²) in [5.74, 6) is -0.531. The van der Waals surface area contributed by atoms with Crippen LogP contribution in [-0.4, -0.2) is 41.9 Å². The summed E-state index contributed by atoms with van der Waals surface area (Å²) in [7, 11) is 1.50. The number of benzene rings is 1. The van der Waals surface area contributed by atoms with E-state index in [-0.39, 0.29) is 12.2 Å². The largest absolute Gasteiger partial charge is 0.508 e. The van der Waals surface area contributed by atoms with Crippen molar-refractivity contribution in [3.05, 3.63) is 23.8 Å². The summed E-state index contributed by atoms with van der Waals surface area (Å²) in [5, 5.41) is 9.68. The molecule has 0 aliphatic heterocycles. The molecule has 0 atom stereocenters. The molecule has 0 unspecified atom stereocenters. The van der Waals surface area contributed by atoms with Crippen LogP contribution in [0.4, 0.5) is 0 Å². The lowest BCUT2D eigenvalue weighted by atomic mass is 10.1. The van der Waals surface area contributed by atoms with Crippen molar-refractivity contribution in [2.24, 2.45) is 0 Å². The number of carbonyl (C=O) groups is 2. The maximum atomic E-state index is 11.9. The van der Waals surface area contributed by atoms with Gasteiger partial charge in [0.2, 0.25) is 5.78 Å². The first-order valence-electron chi connectivity index (χ1n) is 6.21. The molecule has 0 spiro atoms. The van der Waals surface area contributed by atoms with Crippen LogP contribution in [0.15, 0.2) is 18.2 Å². The highest BCUT2D eigenvalue weighted by Gasteiger charge is 2.20. The van der Waals surface area contributed by atoms with Gasteiger partial charge in [0.05, 0.1) is 7.11 Å². The molecule has 0 saturated carbocycles. The highest BCUT2D eigenvalue weighted by molar-refractivity contribution is 6.36. The molecule has 0 aliphatic carbocycles. The van der Waals surface area contributed by atoms with Crippen molar-refractivity contribution < 1.29 is 19.4 Å². The molecule has 19 heavy (non-hydrogen) atoms. The number of rotatable bonds is 6. The Balaban J connectivity index is 2.84. The van der Waals surface area contributed by atoms with Crippen molar-refractivity contribution in [1.29, 1.82) is 0 Å². The number of amides is 1. The topological polar surface area (TPSA) is 66.8 Å². The molecule has 5 nitrogen and oxygen atoms in total. The average Bonchev–Trinajstić information content (AvgIpc) is 2.42. The second-order valence-corrected chi connectivity index (χ2v) is 4.07. The predicted octanol–water partition coefficient (Wildman–Crippen LogP) is 1.38. The van der Waals surface area contributed by atoms with E-state index >= 15 is 0 Å². The molecule has 0 aromatic heterocycles. The van der Waals surface area contributed by atoms with Crippen molar-refractivity contribution in [3.63, 3.8) is 0 Å². The number of ketones is 1. The van der Waals surface area contributed by atoms with E-state index in [0.29, 0.717) is 24.4 Å². The second-order valence-electron chi connectivity index (χ2n) is 4.07. The zero-order valence-corrected chi connectivity index (χ0v) is 11.5. The Morgan fingerprint density at radius 1 is 1.26 bits per heavy atom. The normalized spacial score (nSPS) is 10.1. The molecule has 0 radical (unpaired) electrons. The van der Waals surface area contributed by atoms with Crippen molar-refractivity contribution in [2.75, 3.05) is 20.2 Å². The van der Waals surface area contributed by atoms with Gasteiger partial charge in [-0.1, -0.05) is 0 Å².